The first-order valence-electron chi connectivity index (χ1n) is 8.11. The van der Waals surface area contributed by atoms with Gasteiger partial charge in [-0.15, -0.1) is 0 Å². The van der Waals surface area contributed by atoms with Gasteiger partial charge in [0.2, 0.25) is 0 Å². The van der Waals surface area contributed by atoms with E-state index in [1.54, 1.807) is 6.92 Å². The highest BCUT2D eigenvalue weighted by atomic mass is 16.5. The molecule has 3 aliphatic rings. The third-order valence-corrected chi connectivity index (χ3v) is 6.02. The summed E-state index contributed by atoms with van der Waals surface area (Å²) in [5.74, 6) is 1.19. The Morgan fingerprint density at radius 3 is 2.47 bits per heavy atom. The van der Waals surface area contributed by atoms with Crippen LogP contribution in [0, 0.1) is 11.8 Å². The lowest BCUT2D eigenvalue weighted by molar-refractivity contribution is -0.928. The molecule has 0 radical (unpaired) electrons. The molecule has 0 aromatic rings. The summed E-state index contributed by atoms with van der Waals surface area (Å²) in [4.78, 5) is 11.4. The minimum atomic E-state index is -0.0772. The first-order valence-corrected chi connectivity index (χ1v) is 8.11. The van der Waals surface area contributed by atoms with Crippen molar-refractivity contribution in [3.05, 3.63) is 0 Å². The second-order valence-corrected chi connectivity index (χ2v) is 7.21. The molecule has 2 bridgehead atoms. The van der Waals surface area contributed by atoms with Crippen LogP contribution in [-0.4, -0.2) is 42.7 Å². The van der Waals surface area contributed by atoms with E-state index in [-0.39, 0.29) is 12.1 Å². The van der Waals surface area contributed by atoms with Crippen LogP contribution in [0.4, 0.5) is 0 Å². The van der Waals surface area contributed by atoms with Crippen LogP contribution >= 0.6 is 0 Å². The van der Waals surface area contributed by atoms with E-state index in [9.17, 15) is 4.79 Å². The predicted molar refractivity (Wildman–Crippen MR) is 74.6 cm³/mol. The van der Waals surface area contributed by atoms with Gasteiger partial charge in [0, 0.05) is 32.1 Å². The van der Waals surface area contributed by atoms with Gasteiger partial charge in [-0.1, -0.05) is 6.42 Å². The Hall–Kier alpha value is -0.570. The SMILES string of the molecule is CC(=O)O[C@@H]1[C@H]2CCC[C@@H]1[C@@H]([N+]1(C)CCCC1)CC2. The van der Waals surface area contributed by atoms with Gasteiger partial charge in [-0.3, -0.25) is 4.79 Å². The molecular formula is C16H28NO2+. The van der Waals surface area contributed by atoms with Gasteiger partial charge in [0.05, 0.1) is 26.2 Å². The summed E-state index contributed by atoms with van der Waals surface area (Å²) < 4.78 is 6.99. The van der Waals surface area contributed by atoms with Crippen molar-refractivity contribution >= 4 is 5.97 Å². The first kappa shape index (κ1) is 13.4. The van der Waals surface area contributed by atoms with Crippen LogP contribution in [0.3, 0.4) is 0 Å². The van der Waals surface area contributed by atoms with Gasteiger partial charge in [0.15, 0.2) is 0 Å². The number of hydrogen-bond donors (Lipinski definition) is 0. The average molecular weight is 266 g/mol. The van der Waals surface area contributed by atoms with Gasteiger partial charge >= 0.3 is 5.97 Å². The van der Waals surface area contributed by atoms with Crippen LogP contribution < -0.4 is 0 Å². The minimum absolute atomic E-state index is 0.0772. The fraction of sp³-hybridized carbons (Fsp3) is 0.938. The number of carbonyl (C=O) groups excluding carboxylic acids is 1. The van der Waals surface area contributed by atoms with E-state index < -0.39 is 0 Å². The van der Waals surface area contributed by atoms with Gasteiger partial charge in [-0.05, 0) is 25.2 Å². The van der Waals surface area contributed by atoms with Gasteiger partial charge in [-0.2, -0.15) is 0 Å². The molecule has 19 heavy (non-hydrogen) atoms. The van der Waals surface area contributed by atoms with Crippen molar-refractivity contribution < 1.29 is 14.0 Å². The molecule has 0 aromatic heterocycles. The maximum Gasteiger partial charge on any atom is 0.302 e. The second-order valence-electron chi connectivity index (χ2n) is 7.21. The van der Waals surface area contributed by atoms with Gasteiger partial charge in [-0.25, -0.2) is 0 Å². The van der Waals surface area contributed by atoms with Gasteiger partial charge in [0.25, 0.3) is 0 Å². The van der Waals surface area contributed by atoms with E-state index in [4.69, 9.17) is 4.74 Å². The number of rotatable bonds is 2. The molecule has 1 saturated heterocycles. The Morgan fingerprint density at radius 2 is 1.79 bits per heavy atom. The van der Waals surface area contributed by atoms with Crippen LogP contribution in [0.5, 0.6) is 0 Å². The molecule has 108 valence electrons. The summed E-state index contributed by atoms with van der Waals surface area (Å²) in [5, 5.41) is 0. The molecule has 3 nitrogen and oxygen atoms in total. The van der Waals surface area contributed by atoms with Crippen molar-refractivity contribution in [3.8, 4) is 0 Å². The Labute approximate surface area is 116 Å². The monoisotopic (exact) mass is 266 g/mol. The van der Waals surface area contributed by atoms with Crippen LogP contribution in [0.1, 0.15) is 51.9 Å². The molecule has 1 heterocycles. The smallest absolute Gasteiger partial charge is 0.302 e. The fourth-order valence-corrected chi connectivity index (χ4v) is 5.15. The van der Waals surface area contributed by atoms with E-state index in [0.29, 0.717) is 11.8 Å². The maximum atomic E-state index is 11.4. The summed E-state index contributed by atoms with van der Waals surface area (Å²) in [5.41, 5.74) is 0. The Kier molecular flexibility index (Phi) is 3.59. The van der Waals surface area contributed by atoms with Crippen molar-refractivity contribution in [3.63, 3.8) is 0 Å². The highest BCUT2D eigenvalue weighted by Crippen LogP contribution is 2.46. The Balaban J connectivity index is 1.80. The maximum absolute atomic E-state index is 11.4. The molecule has 3 fully saturated rings. The van der Waals surface area contributed by atoms with Crippen molar-refractivity contribution in [2.24, 2.45) is 11.8 Å². The second kappa shape index (κ2) is 5.08. The number of likely N-dealkylation sites (tertiary alicyclic amines) is 1. The molecule has 0 spiro atoms. The molecule has 4 atom stereocenters. The van der Waals surface area contributed by atoms with Crippen LogP contribution in [0.15, 0.2) is 0 Å². The molecule has 3 rings (SSSR count). The number of esters is 1. The van der Waals surface area contributed by atoms with Crippen LogP contribution in [-0.2, 0) is 9.53 Å². The van der Waals surface area contributed by atoms with Crippen LogP contribution in [0.2, 0.25) is 0 Å². The van der Waals surface area contributed by atoms with E-state index in [0.717, 1.165) is 6.04 Å². The molecule has 0 N–H and O–H groups in total. The summed E-state index contributed by atoms with van der Waals surface area (Å²) in [6.45, 7) is 4.24. The molecule has 2 saturated carbocycles. The quantitative estimate of drug-likeness (QED) is 0.567. The number of hydrogen-bond acceptors (Lipinski definition) is 2. The van der Waals surface area contributed by atoms with Crippen LogP contribution in [0.25, 0.3) is 0 Å². The molecule has 0 aromatic carbocycles. The lowest BCUT2D eigenvalue weighted by atomic mass is 9.66. The summed E-state index contributed by atoms with van der Waals surface area (Å²) in [6, 6.07) is 0.739. The van der Waals surface area contributed by atoms with Crippen molar-refractivity contribution in [2.45, 2.75) is 64.0 Å². The number of carbonyl (C=O) groups is 1. The predicted octanol–water partition coefficient (Wildman–Crippen LogP) is 2.74. The molecule has 0 amide bonds. The normalized spacial score (nSPS) is 40.9. The summed E-state index contributed by atoms with van der Waals surface area (Å²) in [7, 11) is 2.44. The third-order valence-electron chi connectivity index (χ3n) is 6.02. The van der Waals surface area contributed by atoms with E-state index in [2.05, 4.69) is 7.05 Å². The summed E-state index contributed by atoms with van der Waals surface area (Å²) >= 11 is 0. The number of ether oxygens (including phenoxy) is 1. The van der Waals surface area contributed by atoms with Crippen molar-refractivity contribution in [1.82, 2.24) is 0 Å². The fourth-order valence-electron chi connectivity index (χ4n) is 5.15. The third kappa shape index (κ3) is 2.42. The largest absolute Gasteiger partial charge is 0.462 e. The number of fused-ring (bicyclic) bond motifs is 2. The van der Waals surface area contributed by atoms with E-state index >= 15 is 0 Å². The molecule has 1 aliphatic heterocycles. The van der Waals surface area contributed by atoms with E-state index in [1.165, 1.54) is 62.5 Å². The number of nitrogens with zero attached hydrogens (tertiary/aromatic N) is 1. The highest BCUT2D eigenvalue weighted by Gasteiger charge is 2.51. The molecular weight excluding hydrogens is 238 g/mol. The Bertz CT molecular complexity index is 349. The summed E-state index contributed by atoms with van der Waals surface area (Å²) in [6.07, 6.45) is 9.47. The van der Waals surface area contributed by atoms with Crippen molar-refractivity contribution in [2.75, 3.05) is 20.1 Å². The molecule has 2 aliphatic carbocycles. The standard InChI is InChI=1S/C16H28NO2/c1-12(18)19-16-13-6-5-7-14(16)15(9-8-13)17(2)10-3-4-11-17/h13-16H,3-11H2,1-2H3/q+1/t13-,14+,15-,16+/m0/s1. The topological polar surface area (TPSA) is 26.3 Å². The Morgan fingerprint density at radius 1 is 1.05 bits per heavy atom. The van der Waals surface area contributed by atoms with E-state index in [1.807, 2.05) is 0 Å². The van der Waals surface area contributed by atoms with Gasteiger partial charge in [0.1, 0.15) is 6.10 Å². The zero-order chi connectivity index (χ0) is 13.5. The average Bonchev–Trinajstić information content (AvgIpc) is 2.76. The molecule has 3 heteroatoms. The lowest BCUT2D eigenvalue weighted by Crippen LogP contribution is -2.60. The zero-order valence-electron chi connectivity index (χ0n) is 12.4. The zero-order valence-corrected chi connectivity index (χ0v) is 12.4. The number of quaternary nitrogens is 1. The highest BCUT2D eigenvalue weighted by molar-refractivity contribution is 5.66. The van der Waals surface area contributed by atoms with Crippen molar-refractivity contribution in [1.29, 1.82) is 0 Å². The minimum Gasteiger partial charge on any atom is -0.462 e. The lowest BCUT2D eigenvalue weighted by Gasteiger charge is -2.51. The molecule has 0 unspecified atom stereocenters. The first-order chi connectivity index (χ1) is 9.10. The van der Waals surface area contributed by atoms with Gasteiger partial charge < -0.3 is 9.22 Å².